The van der Waals surface area contributed by atoms with Crippen molar-refractivity contribution in [3.8, 4) is 0 Å². The fourth-order valence-electron chi connectivity index (χ4n) is 4.54. The third-order valence-electron chi connectivity index (χ3n) is 5.59. The van der Waals surface area contributed by atoms with E-state index in [-0.39, 0.29) is 0 Å². The van der Waals surface area contributed by atoms with Crippen molar-refractivity contribution in [3.63, 3.8) is 0 Å². The molecular formula is C21H16N3O+. The number of fused-ring (bicyclic) bond motifs is 4. The fourth-order valence-corrected chi connectivity index (χ4v) is 4.54. The third-order valence-corrected chi connectivity index (χ3v) is 5.59. The quantitative estimate of drug-likeness (QED) is 0.235. The van der Waals surface area contributed by atoms with Gasteiger partial charge >= 0.3 is 5.71 Å². The van der Waals surface area contributed by atoms with E-state index in [1.807, 2.05) is 12.6 Å². The van der Waals surface area contributed by atoms with Crippen LogP contribution in [0.4, 0.5) is 0 Å². The van der Waals surface area contributed by atoms with Crippen molar-refractivity contribution < 1.29 is 8.98 Å². The summed E-state index contributed by atoms with van der Waals surface area (Å²) in [5.74, 6) is 0. The van der Waals surface area contributed by atoms with Gasteiger partial charge in [0.1, 0.15) is 17.2 Å². The molecule has 2 aromatic carbocycles. The van der Waals surface area contributed by atoms with Gasteiger partial charge in [0.15, 0.2) is 5.52 Å². The Hall–Kier alpha value is -3.14. The fraction of sp³-hybridized carbons (Fsp3) is 0.143. The average molecular weight is 326 g/mol. The second-order valence-electron chi connectivity index (χ2n) is 6.96. The van der Waals surface area contributed by atoms with E-state index < -0.39 is 0 Å². The molecule has 0 aliphatic heterocycles. The second-order valence-corrected chi connectivity index (χ2v) is 6.96. The highest BCUT2D eigenvalue weighted by Gasteiger charge is 2.25. The zero-order valence-corrected chi connectivity index (χ0v) is 14.3. The molecule has 120 valence electrons. The van der Waals surface area contributed by atoms with Crippen LogP contribution in [0.15, 0.2) is 47.5 Å². The number of nitrogens with zero attached hydrogens (tertiary/aromatic N) is 3. The van der Waals surface area contributed by atoms with E-state index in [0.717, 1.165) is 10.9 Å². The maximum Gasteiger partial charge on any atom is 0.346 e. The number of aromatic nitrogens is 3. The SMILES string of the molecule is Cc1cn2c3coc4nc[n+](C)c(c5c(C)c6ccccc6c1c52)c43. The van der Waals surface area contributed by atoms with Crippen molar-refractivity contribution in [2.75, 3.05) is 0 Å². The lowest BCUT2D eigenvalue weighted by Gasteiger charge is -2.12. The number of hydrogen-bond donors (Lipinski definition) is 0. The molecule has 0 saturated carbocycles. The summed E-state index contributed by atoms with van der Waals surface area (Å²) in [6.07, 6.45) is 5.89. The Kier molecular flexibility index (Phi) is 2.16. The van der Waals surface area contributed by atoms with Gasteiger partial charge in [-0.05, 0) is 40.7 Å². The molecule has 0 fully saturated rings. The van der Waals surface area contributed by atoms with Gasteiger partial charge in [0.05, 0.1) is 18.0 Å². The summed E-state index contributed by atoms with van der Waals surface area (Å²) in [4.78, 5) is 4.46. The van der Waals surface area contributed by atoms with Crippen LogP contribution in [0.3, 0.4) is 0 Å². The van der Waals surface area contributed by atoms with E-state index in [4.69, 9.17) is 4.42 Å². The molecule has 6 rings (SSSR count). The lowest BCUT2D eigenvalue weighted by molar-refractivity contribution is -0.647. The predicted molar refractivity (Wildman–Crippen MR) is 99.3 cm³/mol. The molecule has 0 atom stereocenters. The van der Waals surface area contributed by atoms with Crippen molar-refractivity contribution in [1.82, 2.24) is 9.38 Å². The molecule has 0 saturated heterocycles. The minimum absolute atomic E-state index is 0.695. The zero-order valence-electron chi connectivity index (χ0n) is 14.3. The Morgan fingerprint density at radius 1 is 1.04 bits per heavy atom. The number of aryl methyl sites for hydroxylation is 3. The van der Waals surface area contributed by atoms with Gasteiger partial charge in [0, 0.05) is 11.6 Å². The largest absolute Gasteiger partial charge is 0.425 e. The van der Waals surface area contributed by atoms with Crippen molar-refractivity contribution in [2.24, 2.45) is 7.05 Å². The highest BCUT2D eigenvalue weighted by atomic mass is 16.3. The molecule has 0 aliphatic rings. The lowest BCUT2D eigenvalue weighted by Crippen LogP contribution is -2.29. The first-order valence-electron chi connectivity index (χ1n) is 8.46. The van der Waals surface area contributed by atoms with E-state index in [1.54, 1.807) is 0 Å². The first-order valence-corrected chi connectivity index (χ1v) is 8.46. The smallest absolute Gasteiger partial charge is 0.346 e. The van der Waals surface area contributed by atoms with Crippen LogP contribution in [0.5, 0.6) is 0 Å². The van der Waals surface area contributed by atoms with Crippen molar-refractivity contribution in [3.05, 3.63) is 54.2 Å². The Labute approximate surface area is 143 Å². The van der Waals surface area contributed by atoms with Gasteiger partial charge in [-0.2, -0.15) is 0 Å². The first-order chi connectivity index (χ1) is 12.2. The van der Waals surface area contributed by atoms with Crippen molar-refractivity contribution >= 4 is 49.2 Å². The van der Waals surface area contributed by atoms with Gasteiger partial charge in [-0.1, -0.05) is 24.3 Å². The number of pyridine rings is 1. The van der Waals surface area contributed by atoms with E-state index in [9.17, 15) is 0 Å². The molecule has 25 heavy (non-hydrogen) atoms. The zero-order chi connectivity index (χ0) is 16.9. The maximum atomic E-state index is 5.78. The minimum atomic E-state index is 0.695. The lowest BCUT2D eigenvalue weighted by atomic mass is 9.95. The van der Waals surface area contributed by atoms with Crippen LogP contribution >= 0.6 is 0 Å². The highest BCUT2D eigenvalue weighted by Crippen LogP contribution is 2.41. The molecule has 0 aliphatic carbocycles. The Morgan fingerprint density at radius 2 is 1.84 bits per heavy atom. The van der Waals surface area contributed by atoms with Gasteiger partial charge in [0.25, 0.3) is 6.33 Å². The summed E-state index contributed by atoms with van der Waals surface area (Å²) < 4.78 is 10.2. The van der Waals surface area contributed by atoms with Gasteiger partial charge in [-0.25, -0.2) is 4.57 Å². The molecule has 0 amide bonds. The summed E-state index contributed by atoms with van der Waals surface area (Å²) in [6.45, 7) is 4.41. The van der Waals surface area contributed by atoms with Gasteiger partial charge < -0.3 is 8.82 Å². The molecule has 0 bridgehead atoms. The molecule has 6 aromatic rings. The van der Waals surface area contributed by atoms with Crippen LogP contribution in [-0.4, -0.2) is 9.38 Å². The van der Waals surface area contributed by atoms with Crippen LogP contribution in [0.2, 0.25) is 0 Å². The summed E-state index contributed by atoms with van der Waals surface area (Å²) in [7, 11) is 2.06. The third kappa shape index (κ3) is 1.36. The monoisotopic (exact) mass is 326 g/mol. The highest BCUT2D eigenvalue weighted by molar-refractivity contribution is 6.26. The first kappa shape index (κ1) is 13.2. The number of rotatable bonds is 0. The molecule has 4 nitrogen and oxygen atoms in total. The van der Waals surface area contributed by atoms with E-state index in [1.165, 1.54) is 43.7 Å². The molecular weight excluding hydrogens is 310 g/mol. The maximum absolute atomic E-state index is 5.78. The molecule has 4 heterocycles. The van der Waals surface area contributed by atoms with Gasteiger partial charge in [-0.3, -0.25) is 0 Å². The van der Waals surface area contributed by atoms with Crippen LogP contribution < -0.4 is 4.57 Å². The van der Waals surface area contributed by atoms with Gasteiger partial charge in [-0.15, -0.1) is 0 Å². The minimum Gasteiger partial charge on any atom is -0.425 e. The topological polar surface area (TPSA) is 34.3 Å². The van der Waals surface area contributed by atoms with Crippen molar-refractivity contribution in [2.45, 2.75) is 13.8 Å². The molecule has 0 unspecified atom stereocenters. The normalized spacial score (nSPS) is 12.6. The Morgan fingerprint density at radius 3 is 2.68 bits per heavy atom. The molecule has 0 N–H and O–H groups in total. The predicted octanol–water partition coefficient (Wildman–Crippen LogP) is 4.42. The number of benzene rings is 2. The second kappa shape index (κ2) is 4.09. The number of furan rings is 1. The molecule has 0 radical (unpaired) electrons. The summed E-state index contributed by atoms with van der Waals surface area (Å²) in [6, 6.07) is 8.69. The van der Waals surface area contributed by atoms with Gasteiger partial charge in [0.2, 0.25) is 0 Å². The van der Waals surface area contributed by atoms with Crippen LogP contribution in [0.1, 0.15) is 11.1 Å². The van der Waals surface area contributed by atoms with Crippen LogP contribution in [-0.2, 0) is 7.05 Å². The summed E-state index contributed by atoms with van der Waals surface area (Å²) >= 11 is 0. The molecule has 0 spiro atoms. The Bertz CT molecular complexity index is 1470. The molecule has 4 aromatic heterocycles. The molecule has 4 heteroatoms. The van der Waals surface area contributed by atoms with E-state index in [0.29, 0.717) is 5.71 Å². The number of hydrogen-bond acceptors (Lipinski definition) is 2. The van der Waals surface area contributed by atoms with Crippen LogP contribution in [0, 0.1) is 13.8 Å². The standard InChI is InChI=1S/C21H16N3O/c1-11-8-24-15-9-25-21-18(15)19(23(3)10-22-21)17-12(2)13-6-4-5-7-14(13)16(11)20(17)24/h4-10H,1-3H3/q+1. The Balaban J connectivity index is 2.15. The van der Waals surface area contributed by atoms with Crippen LogP contribution in [0.25, 0.3) is 49.2 Å². The summed E-state index contributed by atoms with van der Waals surface area (Å²) in [5, 5.41) is 6.32. The van der Waals surface area contributed by atoms with E-state index in [2.05, 4.69) is 65.3 Å². The van der Waals surface area contributed by atoms with Crippen molar-refractivity contribution in [1.29, 1.82) is 0 Å². The van der Waals surface area contributed by atoms with E-state index >= 15 is 0 Å². The average Bonchev–Trinajstić information content (AvgIpc) is 3.19. The summed E-state index contributed by atoms with van der Waals surface area (Å²) in [5.41, 5.74) is 6.82.